The first kappa shape index (κ1) is 20.5. The third-order valence-corrected chi connectivity index (χ3v) is 5.37. The predicted octanol–water partition coefficient (Wildman–Crippen LogP) is 4.30. The van der Waals surface area contributed by atoms with E-state index in [1.165, 1.54) is 30.0 Å². The molecule has 0 aliphatic heterocycles. The molecular formula is C20H21N5O3S. The van der Waals surface area contributed by atoms with Gasteiger partial charge in [0.1, 0.15) is 0 Å². The Morgan fingerprint density at radius 1 is 1.24 bits per heavy atom. The van der Waals surface area contributed by atoms with Gasteiger partial charge in [-0.15, -0.1) is 10.2 Å². The van der Waals surface area contributed by atoms with Gasteiger partial charge in [0.05, 0.1) is 10.2 Å². The second-order valence-electron chi connectivity index (χ2n) is 6.48. The second kappa shape index (κ2) is 8.87. The van der Waals surface area contributed by atoms with Crippen molar-refractivity contribution in [2.45, 2.75) is 37.7 Å². The molecule has 3 rings (SSSR count). The van der Waals surface area contributed by atoms with Crippen molar-refractivity contribution >= 4 is 29.0 Å². The van der Waals surface area contributed by atoms with Gasteiger partial charge >= 0.3 is 0 Å². The van der Waals surface area contributed by atoms with E-state index in [2.05, 4.69) is 15.5 Å². The first-order valence-electron chi connectivity index (χ1n) is 9.11. The Kier molecular flexibility index (Phi) is 6.28. The molecule has 29 heavy (non-hydrogen) atoms. The van der Waals surface area contributed by atoms with Crippen molar-refractivity contribution < 1.29 is 9.72 Å². The normalized spacial score (nSPS) is 11.8. The molecule has 1 aromatic heterocycles. The van der Waals surface area contributed by atoms with Gasteiger partial charge in [-0.2, -0.15) is 0 Å². The lowest BCUT2D eigenvalue weighted by Gasteiger charge is -2.13. The number of thioether (sulfide) groups is 1. The minimum atomic E-state index is -0.496. The molecule has 0 aliphatic carbocycles. The van der Waals surface area contributed by atoms with E-state index in [9.17, 15) is 14.9 Å². The van der Waals surface area contributed by atoms with E-state index in [-0.39, 0.29) is 11.6 Å². The van der Waals surface area contributed by atoms with Crippen molar-refractivity contribution in [1.29, 1.82) is 0 Å². The monoisotopic (exact) mass is 411 g/mol. The zero-order chi connectivity index (χ0) is 21.0. The molecule has 0 saturated carbocycles. The van der Waals surface area contributed by atoms with Crippen molar-refractivity contribution in [3.8, 4) is 11.4 Å². The van der Waals surface area contributed by atoms with Crippen LogP contribution in [0.4, 0.5) is 11.4 Å². The molecule has 0 saturated heterocycles. The fraction of sp³-hybridized carbons (Fsp3) is 0.250. The summed E-state index contributed by atoms with van der Waals surface area (Å²) >= 11 is 1.30. The minimum absolute atomic E-state index is 0.0726. The molecule has 1 heterocycles. The summed E-state index contributed by atoms with van der Waals surface area (Å²) in [5.74, 6) is 0.489. The zero-order valence-corrected chi connectivity index (χ0v) is 17.1. The Hall–Kier alpha value is -3.20. The molecule has 2 aromatic carbocycles. The smallest absolute Gasteiger partial charge is 0.271 e. The highest BCUT2D eigenvalue weighted by Crippen LogP contribution is 2.28. The molecule has 0 aliphatic rings. The van der Waals surface area contributed by atoms with E-state index in [0.717, 1.165) is 17.0 Å². The van der Waals surface area contributed by atoms with Crippen LogP contribution in [0.25, 0.3) is 11.4 Å². The third-order valence-electron chi connectivity index (χ3n) is 4.29. The van der Waals surface area contributed by atoms with Gasteiger partial charge in [0, 0.05) is 29.9 Å². The molecule has 1 amide bonds. The minimum Gasteiger partial charge on any atom is -0.325 e. The molecule has 3 aromatic rings. The lowest BCUT2D eigenvalue weighted by molar-refractivity contribution is -0.384. The van der Waals surface area contributed by atoms with Gasteiger partial charge in [-0.1, -0.05) is 41.6 Å². The average Bonchev–Trinajstić information content (AvgIpc) is 3.10. The molecule has 1 N–H and O–H groups in total. The lowest BCUT2D eigenvalue weighted by Crippen LogP contribution is -2.23. The Morgan fingerprint density at radius 2 is 2.00 bits per heavy atom. The van der Waals surface area contributed by atoms with Crippen LogP contribution < -0.4 is 5.32 Å². The number of nitrogens with zero attached hydrogens (tertiary/aromatic N) is 4. The maximum Gasteiger partial charge on any atom is 0.271 e. The van der Waals surface area contributed by atoms with E-state index in [4.69, 9.17) is 0 Å². The van der Waals surface area contributed by atoms with Gasteiger partial charge in [-0.25, -0.2) is 0 Å². The molecular weight excluding hydrogens is 390 g/mol. The van der Waals surface area contributed by atoms with E-state index in [1.807, 2.05) is 42.7 Å². The van der Waals surface area contributed by atoms with Gasteiger partial charge in [-0.05, 0) is 32.9 Å². The molecule has 0 fully saturated rings. The Balaban J connectivity index is 1.75. The second-order valence-corrected chi connectivity index (χ2v) is 7.78. The molecule has 1 unspecified atom stereocenters. The molecule has 1 atom stereocenters. The van der Waals surface area contributed by atoms with Crippen LogP contribution >= 0.6 is 11.8 Å². The summed E-state index contributed by atoms with van der Waals surface area (Å²) in [6.07, 6.45) is 0. The summed E-state index contributed by atoms with van der Waals surface area (Å²) in [5, 5.41) is 22.4. The third kappa shape index (κ3) is 4.80. The number of aryl methyl sites for hydroxylation is 1. The Bertz CT molecular complexity index is 1050. The largest absolute Gasteiger partial charge is 0.325 e. The summed E-state index contributed by atoms with van der Waals surface area (Å²) in [4.78, 5) is 23.0. The van der Waals surface area contributed by atoms with Crippen LogP contribution in [0.15, 0.2) is 53.7 Å². The van der Waals surface area contributed by atoms with E-state index in [0.29, 0.717) is 17.4 Å². The van der Waals surface area contributed by atoms with Crippen molar-refractivity contribution in [2.75, 3.05) is 5.32 Å². The number of anilines is 1. The number of amides is 1. The van der Waals surface area contributed by atoms with Gasteiger partial charge in [0.25, 0.3) is 5.69 Å². The average molecular weight is 411 g/mol. The van der Waals surface area contributed by atoms with Crippen molar-refractivity contribution in [2.24, 2.45) is 0 Å². The first-order chi connectivity index (χ1) is 13.9. The van der Waals surface area contributed by atoms with E-state index >= 15 is 0 Å². The molecule has 0 radical (unpaired) electrons. The molecule has 0 spiro atoms. The number of rotatable bonds is 7. The van der Waals surface area contributed by atoms with Gasteiger partial charge < -0.3 is 9.88 Å². The number of nitro groups is 1. The summed E-state index contributed by atoms with van der Waals surface area (Å²) in [5.41, 5.74) is 2.41. The van der Waals surface area contributed by atoms with E-state index in [1.54, 1.807) is 13.0 Å². The number of carbonyl (C=O) groups is 1. The SMILES string of the molecule is CCn1c(SC(C)C(=O)Nc2cccc([N+](=O)[O-])c2)nnc1-c1cccc(C)c1. The summed E-state index contributed by atoms with van der Waals surface area (Å²) in [6, 6.07) is 13.9. The van der Waals surface area contributed by atoms with Gasteiger partial charge in [-0.3, -0.25) is 14.9 Å². The number of carbonyl (C=O) groups excluding carboxylic acids is 1. The zero-order valence-electron chi connectivity index (χ0n) is 16.3. The van der Waals surface area contributed by atoms with Crippen LogP contribution in [0.5, 0.6) is 0 Å². The fourth-order valence-electron chi connectivity index (χ4n) is 2.81. The van der Waals surface area contributed by atoms with Gasteiger partial charge in [0.15, 0.2) is 11.0 Å². The topological polar surface area (TPSA) is 103 Å². The van der Waals surface area contributed by atoms with Crippen molar-refractivity contribution in [3.05, 3.63) is 64.2 Å². The summed E-state index contributed by atoms with van der Waals surface area (Å²) < 4.78 is 1.97. The highest BCUT2D eigenvalue weighted by atomic mass is 32.2. The molecule has 9 heteroatoms. The van der Waals surface area contributed by atoms with Crippen LogP contribution in [0, 0.1) is 17.0 Å². The highest BCUT2D eigenvalue weighted by Gasteiger charge is 2.21. The maximum atomic E-state index is 12.6. The van der Waals surface area contributed by atoms with Crippen LogP contribution in [-0.2, 0) is 11.3 Å². The van der Waals surface area contributed by atoms with Crippen molar-refractivity contribution in [3.63, 3.8) is 0 Å². The number of nitrogens with one attached hydrogen (secondary N) is 1. The first-order valence-corrected chi connectivity index (χ1v) is 9.99. The number of nitro benzene ring substituents is 1. The Morgan fingerprint density at radius 3 is 2.69 bits per heavy atom. The van der Waals surface area contributed by atoms with Crippen LogP contribution in [0.3, 0.4) is 0 Å². The number of hydrogen-bond acceptors (Lipinski definition) is 6. The van der Waals surface area contributed by atoms with Crippen LogP contribution in [-0.4, -0.2) is 30.8 Å². The molecule has 150 valence electrons. The van der Waals surface area contributed by atoms with E-state index < -0.39 is 10.2 Å². The standard InChI is InChI=1S/C20H21N5O3S/c1-4-24-18(15-8-5-7-13(2)11-15)22-23-20(24)29-14(3)19(26)21-16-9-6-10-17(12-16)25(27)28/h5-12,14H,4H2,1-3H3,(H,21,26). The summed E-state index contributed by atoms with van der Waals surface area (Å²) in [7, 11) is 0. The summed E-state index contributed by atoms with van der Waals surface area (Å²) in [6.45, 7) is 6.45. The molecule has 8 nitrogen and oxygen atoms in total. The Labute approximate surface area is 172 Å². The number of hydrogen-bond donors (Lipinski definition) is 1. The number of benzene rings is 2. The maximum absolute atomic E-state index is 12.6. The number of non-ortho nitro benzene ring substituents is 1. The van der Waals surface area contributed by atoms with Crippen LogP contribution in [0.1, 0.15) is 19.4 Å². The van der Waals surface area contributed by atoms with Crippen LogP contribution in [0.2, 0.25) is 0 Å². The van der Waals surface area contributed by atoms with Crippen molar-refractivity contribution in [1.82, 2.24) is 14.8 Å². The predicted molar refractivity (Wildman–Crippen MR) is 113 cm³/mol. The molecule has 0 bridgehead atoms. The quantitative estimate of drug-likeness (QED) is 0.353. The fourth-order valence-corrected chi connectivity index (χ4v) is 3.72. The van der Waals surface area contributed by atoms with Gasteiger partial charge in [0.2, 0.25) is 5.91 Å². The lowest BCUT2D eigenvalue weighted by atomic mass is 10.1. The highest BCUT2D eigenvalue weighted by molar-refractivity contribution is 8.00. The number of aromatic nitrogens is 3.